The first-order chi connectivity index (χ1) is 14.7. The number of β-amino-alcohol motifs (C(OH)–C–C–N with tert-alkyl or cyclic N) is 1. The van der Waals surface area contributed by atoms with Crippen LogP contribution in [0.25, 0.3) is 0 Å². The van der Waals surface area contributed by atoms with E-state index in [9.17, 15) is 14.6 Å². The highest BCUT2D eigenvalue weighted by molar-refractivity contribution is 5.48. The third kappa shape index (κ3) is 6.92. The second-order valence-corrected chi connectivity index (χ2v) is 8.92. The van der Waals surface area contributed by atoms with Crippen molar-refractivity contribution in [3.8, 4) is 5.75 Å². The number of hydrogen-bond donors (Lipinski definition) is 2. The zero-order valence-electron chi connectivity index (χ0n) is 18.8. The Balaban J connectivity index is 1.44. The lowest BCUT2D eigenvalue weighted by Crippen LogP contribution is -2.46. The van der Waals surface area contributed by atoms with E-state index < -0.39 is 11.7 Å². The van der Waals surface area contributed by atoms with Crippen LogP contribution in [0, 0.1) is 5.82 Å². The molecule has 1 atom stereocenters. The van der Waals surface area contributed by atoms with Gasteiger partial charge in [-0.05, 0) is 75.1 Å². The molecule has 2 N–H and O–H groups in total. The normalized spacial score (nSPS) is 17.5. The molecule has 5 nitrogen and oxygen atoms in total. The Kier molecular flexibility index (Phi) is 7.92. The zero-order valence-corrected chi connectivity index (χ0v) is 18.8. The lowest BCUT2D eigenvalue weighted by Gasteiger charge is -2.39. The van der Waals surface area contributed by atoms with Gasteiger partial charge < -0.3 is 24.7 Å². The third-order valence-electron chi connectivity index (χ3n) is 6.03. The minimum Gasteiger partial charge on any atom is -0.491 e. The Hall–Kier alpha value is -2.15. The predicted octanol–water partition coefficient (Wildman–Crippen LogP) is 4.00. The van der Waals surface area contributed by atoms with Crippen molar-refractivity contribution in [3.63, 3.8) is 0 Å². The molecule has 6 heteroatoms. The van der Waals surface area contributed by atoms with Crippen molar-refractivity contribution in [1.82, 2.24) is 4.90 Å². The van der Waals surface area contributed by atoms with Crippen LogP contribution in [0.1, 0.15) is 44.8 Å². The number of ether oxygens (including phenoxy) is 1. The maximum absolute atomic E-state index is 13.1. The number of aliphatic hydroxyl groups excluding tert-OH is 1. The van der Waals surface area contributed by atoms with Gasteiger partial charge in [0.1, 0.15) is 11.6 Å². The van der Waals surface area contributed by atoms with Crippen LogP contribution in [0.5, 0.6) is 5.75 Å². The summed E-state index contributed by atoms with van der Waals surface area (Å²) < 4.78 is 18.8. The standard InChI is InChI=1S/C25H35FN2O3/c1-19(2)31-23-10-8-22(9-11-23)27(3)15-12-25(30)13-16-28(17-14-25)18-24(29)20-4-6-21(26)7-5-20/h4-11,19,24,29-30H,12-18H2,1-3H3. The average molecular weight is 431 g/mol. The van der Waals surface area contributed by atoms with E-state index in [1.807, 2.05) is 45.2 Å². The molecular formula is C25H35FN2O3. The molecule has 1 fully saturated rings. The van der Waals surface area contributed by atoms with Crippen LogP contribution in [0.3, 0.4) is 0 Å². The van der Waals surface area contributed by atoms with Crippen LogP contribution in [0.2, 0.25) is 0 Å². The molecule has 0 saturated carbocycles. The second kappa shape index (κ2) is 10.4. The van der Waals surface area contributed by atoms with Crippen molar-refractivity contribution in [2.45, 2.75) is 50.9 Å². The fourth-order valence-electron chi connectivity index (χ4n) is 3.99. The maximum atomic E-state index is 13.1. The number of rotatable bonds is 9. The molecule has 2 aromatic carbocycles. The van der Waals surface area contributed by atoms with E-state index in [4.69, 9.17) is 4.74 Å². The summed E-state index contributed by atoms with van der Waals surface area (Å²) in [5.41, 5.74) is 1.12. The van der Waals surface area contributed by atoms with Crippen LogP contribution in [0.15, 0.2) is 48.5 Å². The summed E-state index contributed by atoms with van der Waals surface area (Å²) in [4.78, 5) is 4.32. The van der Waals surface area contributed by atoms with Gasteiger partial charge in [0.05, 0.1) is 17.8 Å². The van der Waals surface area contributed by atoms with Gasteiger partial charge in [-0.2, -0.15) is 0 Å². The summed E-state index contributed by atoms with van der Waals surface area (Å²) in [6, 6.07) is 14.0. The van der Waals surface area contributed by atoms with E-state index in [0.29, 0.717) is 31.4 Å². The van der Waals surface area contributed by atoms with E-state index >= 15 is 0 Å². The lowest BCUT2D eigenvalue weighted by atomic mass is 9.87. The molecule has 0 spiro atoms. The minimum atomic E-state index is -0.688. The van der Waals surface area contributed by atoms with Crippen molar-refractivity contribution < 1.29 is 19.3 Å². The fraction of sp³-hybridized carbons (Fsp3) is 0.520. The van der Waals surface area contributed by atoms with Gasteiger partial charge in [0.2, 0.25) is 0 Å². The van der Waals surface area contributed by atoms with Gasteiger partial charge in [-0.15, -0.1) is 0 Å². The molecule has 1 unspecified atom stereocenters. The van der Waals surface area contributed by atoms with Crippen molar-refractivity contribution in [2.75, 3.05) is 38.1 Å². The van der Waals surface area contributed by atoms with Gasteiger partial charge in [0.15, 0.2) is 0 Å². The summed E-state index contributed by atoms with van der Waals surface area (Å²) in [5.74, 6) is 0.560. The Labute approximate surface area is 185 Å². The van der Waals surface area contributed by atoms with Gasteiger partial charge in [-0.1, -0.05) is 12.1 Å². The van der Waals surface area contributed by atoms with E-state index in [1.54, 1.807) is 12.1 Å². The fourth-order valence-corrected chi connectivity index (χ4v) is 3.99. The number of likely N-dealkylation sites (tertiary alicyclic amines) is 1. The molecule has 0 aliphatic carbocycles. The third-order valence-corrected chi connectivity index (χ3v) is 6.03. The highest BCUT2D eigenvalue weighted by atomic mass is 19.1. The quantitative estimate of drug-likeness (QED) is 0.630. The number of nitrogens with zero attached hydrogens (tertiary/aromatic N) is 2. The van der Waals surface area contributed by atoms with Crippen molar-refractivity contribution in [1.29, 1.82) is 0 Å². The number of halogens is 1. The number of piperidine rings is 1. The number of aliphatic hydroxyl groups is 2. The molecule has 1 aliphatic rings. The summed E-state index contributed by atoms with van der Waals surface area (Å²) in [6.45, 7) is 6.75. The van der Waals surface area contributed by atoms with Crippen LogP contribution in [-0.2, 0) is 0 Å². The van der Waals surface area contributed by atoms with Gasteiger partial charge in [0, 0.05) is 38.9 Å². The molecule has 0 amide bonds. The smallest absolute Gasteiger partial charge is 0.123 e. The molecule has 0 bridgehead atoms. The topological polar surface area (TPSA) is 56.2 Å². The molecule has 170 valence electrons. The Morgan fingerprint density at radius 1 is 1.06 bits per heavy atom. The highest BCUT2D eigenvalue weighted by Crippen LogP contribution is 2.28. The number of anilines is 1. The van der Waals surface area contributed by atoms with E-state index in [-0.39, 0.29) is 11.9 Å². The first-order valence-corrected chi connectivity index (χ1v) is 11.1. The van der Waals surface area contributed by atoms with E-state index in [2.05, 4.69) is 9.80 Å². The number of hydrogen-bond acceptors (Lipinski definition) is 5. The summed E-state index contributed by atoms with van der Waals surface area (Å²) in [6.07, 6.45) is 1.55. The van der Waals surface area contributed by atoms with Crippen LogP contribution in [0.4, 0.5) is 10.1 Å². The molecule has 31 heavy (non-hydrogen) atoms. The zero-order chi connectivity index (χ0) is 22.4. The van der Waals surface area contributed by atoms with Crippen LogP contribution < -0.4 is 9.64 Å². The molecule has 1 saturated heterocycles. The Bertz CT molecular complexity index is 803. The largest absolute Gasteiger partial charge is 0.491 e. The van der Waals surface area contributed by atoms with E-state index in [1.165, 1.54) is 12.1 Å². The Morgan fingerprint density at radius 2 is 1.68 bits per heavy atom. The second-order valence-electron chi connectivity index (χ2n) is 8.92. The van der Waals surface area contributed by atoms with Crippen molar-refractivity contribution >= 4 is 5.69 Å². The molecule has 0 aromatic heterocycles. The lowest BCUT2D eigenvalue weighted by molar-refractivity contribution is -0.0340. The monoisotopic (exact) mass is 430 g/mol. The SMILES string of the molecule is CC(C)Oc1ccc(N(C)CCC2(O)CCN(CC(O)c3ccc(F)cc3)CC2)cc1. The van der Waals surface area contributed by atoms with Gasteiger partial charge in [0.25, 0.3) is 0 Å². The molecule has 0 radical (unpaired) electrons. The maximum Gasteiger partial charge on any atom is 0.123 e. The predicted molar refractivity (Wildman–Crippen MR) is 122 cm³/mol. The summed E-state index contributed by atoms with van der Waals surface area (Å²) in [7, 11) is 2.04. The van der Waals surface area contributed by atoms with Crippen molar-refractivity contribution in [2.24, 2.45) is 0 Å². The number of benzene rings is 2. The Morgan fingerprint density at radius 3 is 2.26 bits per heavy atom. The van der Waals surface area contributed by atoms with Crippen molar-refractivity contribution in [3.05, 3.63) is 59.9 Å². The molecule has 3 rings (SSSR count). The molecular weight excluding hydrogens is 395 g/mol. The van der Waals surface area contributed by atoms with Crippen LogP contribution >= 0.6 is 0 Å². The van der Waals surface area contributed by atoms with E-state index in [0.717, 1.165) is 31.1 Å². The minimum absolute atomic E-state index is 0.153. The van der Waals surface area contributed by atoms with Crippen LogP contribution in [-0.4, -0.2) is 60.0 Å². The molecule has 1 heterocycles. The summed E-state index contributed by atoms with van der Waals surface area (Å²) in [5, 5.41) is 21.5. The molecule has 2 aromatic rings. The molecule has 1 aliphatic heterocycles. The first kappa shape index (κ1) is 23.5. The van der Waals surface area contributed by atoms with Gasteiger partial charge in [-0.3, -0.25) is 0 Å². The van der Waals surface area contributed by atoms with Gasteiger partial charge in [-0.25, -0.2) is 4.39 Å². The highest BCUT2D eigenvalue weighted by Gasteiger charge is 2.32. The first-order valence-electron chi connectivity index (χ1n) is 11.1. The van der Waals surface area contributed by atoms with Gasteiger partial charge >= 0.3 is 0 Å². The summed E-state index contributed by atoms with van der Waals surface area (Å²) >= 11 is 0. The average Bonchev–Trinajstić information content (AvgIpc) is 2.74.